The summed E-state index contributed by atoms with van der Waals surface area (Å²) in [7, 11) is 0. The summed E-state index contributed by atoms with van der Waals surface area (Å²) in [5.74, 6) is 0.816. The number of primary amides is 1. The zero-order valence-corrected chi connectivity index (χ0v) is 16.7. The summed E-state index contributed by atoms with van der Waals surface area (Å²) in [4.78, 5) is 37.3. The molecule has 2 N–H and O–H groups in total. The number of amides is 2. The average molecular weight is 409 g/mol. The lowest BCUT2D eigenvalue weighted by Crippen LogP contribution is -2.45. The fourth-order valence-corrected chi connectivity index (χ4v) is 6.09. The van der Waals surface area contributed by atoms with Gasteiger partial charge in [-0.1, -0.05) is 12.1 Å². The van der Waals surface area contributed by atoms with E-state index in [-0.39, 0.29) is 24.3 Å². The van der Waals surface area contributed by atoms with Crippen LogP contribution in [-0.2, 0) is 14.3 Å². The van der Waals surface area contributed by atoms with Crippen molar-refractivity contribution in [3.8, 4) is 0 Å². The van der Waals surface area contributed by atoms with Gasteiger partial charge in [0.1, 0.15) is 0 Å². The van der Waals surface area contributed by atoms with Gasteiger partial charge in [-0.05, 0) is 48.5 Å². The Morgan fingerprint density at radius 3 is 2.48 bits per heavy atom. The van der Waals surface area contributed by atoms with Crippen molar-refractivity contribution in [3.63, 3.8) is 0 Å². The molecule has 2 amide bonds. The van der Waals surface area contributed by atoms with E-state index in [1.807, 2.05) is 35.7 Å². The number of ether oxygens (including phenoxy) is 1. The Morgan fingerprint density at radius 1 is 1.11 bits per heavy atom. The van der Waals surface area contributed by atoms with E-state index in [0.717, 1.165) is 17.9 Å². The lowest BCUT2D eigenvalue weighted by Gasteiger charge is -2.31. The zero-order valence-electron chi connectivity index (χ0n) is 15.1. The smallest absolute Gasteiger partial charge is 0.338 e. The largest absolute Gasteiger partial charge is 0.452 e. The third-order valence-corrected chi connectivity index (χ3v) is 7.76. The molecule has 0 aliphatic carbocycles. The average Bonchev–Trinajstić information content (AvgIpc) is 2.72. The molecule has 0 saturated carbocycles. The number of carbonyl (C=O) groups is 3. The quantitative estimate of drug-likeness (QED) is 0.753. The van der Waals surface area contributed by atoms with Gasteiger partial charge in [-0.2, -0.15) is 0 Å². The summed E-state index contributed by atoms with van der Waals surface area (Å²) in [6, 6.07) is 7.41. The number of carbonyl (C=O) groups excluding carboxylic acids is 3. The van der Waals surface area contributed by atoms with Gasteiger partial charge in [0.05, 0.1) is 16.1 Å². The van der Waals surface area contributed by atoms with E-state index in [1.54, 1.807) is 17.0 Å². The van der Waals surface area contributed by atoms with Gasteiger partial charge in [0.25, 0.3) is 5.91 Å². The molecule has 2 aliphatic rings. The zero-order chi connectivity index (χ0) is 19.2. The number of hydrogen-bond acceptors (Lipinski definition) is 6. The van der Waals surface area contributed by atoms with Crippen LogP contribution in [0.25, 0.3) is 0 Å². The molecule has 0 bridgehead atoms. The Kier molecular flexibility index (Phi) is 7.07. The van der Waals surface area contributed by atoms with Crippen molar-refractivity contribution in [1.82, 2.24) is 4.90 Å². The molecular weight excluding hydrogens is 384 g/mol. The second-order valence-electron chi connectivity index (χ2n) is 6.71. The summed E-state index contributed by atoms with van der Waals surface area (Å²) in [6.45, 7) is 0.545. The van der Waals surface area contributed by atoms with Crippen molar-refractivity contribution in [3.05, 3.63) is 35.4 Å². The summed E-state index contributed by atoms with van der Waals surface area (Å²) >= 11 is 3.85. The van der Waals surface area contributed by atoms with Crippen LogP contribution in [0.4, 0.5) is 0 Å². The van der Waals surface area contributed by atoms with Gasteiger partial charge in [0, 0.05) is 13.1 Å². The second-order valence-corrected chi connectivity index (χ2v) is 9.43. The van der Waals surface area contributed by atoms with Crippen LogP contribution in [0.5, 0.6) is 0 Å². The molecule has 0 radical (unpaired) electrons. The highest BCUT2D eigenvalue weighted by molar-refractivity contribution is 8.16. The standard InChI is InChI=1S/C19H24N2O4S2/c20-17(23)15-3-1-8-21(11-15)16(22)12-25-18(24)13-4-6-14(7-5-13)19-26-9-2-10-27-19/h4-7,15,19H,1-3,8-12H2,(H2,20,23)/t15-/m0/s1. The van der Waals surface area contributed by atoms with Crippen molar-refractivity contribution in [2.75, 3.05) is 31.2 Å². The minimum absolute atomic E-state index is 0.291. The minimum Gasteiger partial charge on any atom is -0.452 e. The van der Waals surface area contributed by atoms with E-state index < -0.39 is 5.97 Å². The first-order valence-corrected chi connectivity index (χ1v) is 11.2. The van der Waals surface area contributed by atoms with E-state index >= 15 is 0 Å². The maximum atomic E-state index is 12.3. The molecule has 3 rings (SSSR count). The number of piperidine rings is 1. The molecule has 1 aromatic rings. The molecule has 0 unspecified atom stereocenters. The molecule has 0 spiro atoms. The third-order valence-electron chi connectivity index (χ3n) is 4.75. The molecule has 2 fully saturated rings. The minimum atomic E-state index is -0.512. The third kappa shape index (κ3) is 5.42. The highest BCUT2D eigenvalue weighted by atomic mass is 32.2. The molecular formula is C19H24N2O4S2. The second kappa shape index (κ2) is 9.50. The van der Waals surface area contributed by atoms with Crippen LogP contribution in [0.15, 0.2) is 24.3 Å². The first-order chi connectivity index (χ1) is 13.0. The van der Waals surface area contributed by atoms with Crippen LogP contribution in [-0.4, -0.2) is 53.9 Å². The van der Waals surface area contributed by atoms with Crippen molar-refractivity contribution in [2.45, 2.75) is 23.8 Å². The van der Waals surface area contributed by atoms with Gasteiger partial charge >= 0.3 is 5.97 Å². The molecule has 27 heavy (non-hydrogen) atoms. The number of benzene rings is 1. The maximum Gasteiger partial charge on any atom is 0.338 e. The predicted molar refractivity (Wildman–Crippen MR) is 107 cm³/mol. The maximum absolute atomic E-state index is 12.3. The molecule has 1 atom stereocenters. The molecule has 8 heteroatoms. The van der Waals surface area contributed by atoms with Crippen LogP contribution in [0.2, 0.25) is 0 Å². The van der Waals surface area contributed by atoms with Crippen LogP contribution >= 0.6 is 23.5 Å². The van der Waals surface area contributed by atoms with E-state index in [9.17, 15) is 14.4 Å². The van der Waals surface area contributed by atoms with Gasteiger partial charge in [-0.25, -0.2) is 4.79 Å². The van der Waals surface area contributed by atoms with Crippen LogP contribution in [0, 0.1) is 5.92 Å². The molecule has 2 saturated heterocycles. The van der Waals surface area contributed by atoms with Crippen LogP contribution in [0.1, 0.15) is 39.8 Å². The van der Waals surface area contributed by atoms with E-state index in [1.165, 1.54) is 12.0 Å². The summed E-state index contributed by atoms with van der Waals surface area (Å²) in [5, 5.41) is 0. The fraction of sp³-hybridized carbons (Fsp3) is 0.526. The topological polar surface area (TPSA) is 89.7 Å². The number of nitrogens with zero attached hydrogens (tertiary/aromatic N) is 1. The Morgan fingerprint density at radius 2 is 1.81 bits per heavy atom. The van der Waals surface area contributed by atoms with Gasteiger partial charge < -0.3 is 15.4 Å². The number of rotatable bonds is 5. The monoisotopic (exact) mass is 408 g/mol. The Bertz CT molecular complexity index is 689. The van der Waals surface area contributed by atoms with Crippen molar-refractivity contribution in [1.29, 1.82) is 0 Å². The first-order valence-electron chi connectivity index (χ1n) is 9.12. The summed E-state index contributed by atoms with van der Waals surface area (Å²) in [6.07, 6.45) is 2.66. The SMILES string of the molecule is NC(=O)[C@H]1CCCN(C(=O)COC(=O)c2ccc(C3SCCCS3)cc2)C1. The molecule has 1 aromatic carbocycles. The fourth-order valence-electron chi connectivity index (χ4n) is 3.19. The van der Waals surface area contributed by atoms with Gasteiger partial charge in [0.2, 0.25) is 5.91 Å². The Balaban J connectivity index is 1.49. The van der Waals surface area contributed by atoms with Crippen molar-refractivity contribution >= 4 is 41.3 Å². The Labute approximate surface area is 167 Å². The molecule has 2 aliphatic heterocycles. The van der Waals surface area contributed by atoms with Gasteiger partial charge in [0.15, 0.2) is 6.61 Å². The van der Waals surface area contributed by atoms with Crippen molar-refractivity contribution < 1.29 is 19.1 Å². The number of thioether (sulfide) groups is 2. The lowest BCUT2D eigenvalue weighted by atomic mass is 9.97. The van der Waals surface area contributed by atoms with Crippen LogP contribution < -0.4 is 5.73 Å². The lowest BCUT2D eigenvalue weighted by molar-refractivity contribution is -0.137. The van der Waals surface area contributed by atoms with Crippen molar-refractivity contribution in [2.24, 2.45) is 11.7 Å². The van der Waals surface area contributed by atoms with Gasteiger partial charge in [-0.3, -0.25) is 9.59 Å². The molecule has 6 nitrogen and oxygen atoms in total. The Hall–Kier alpha value is -1.67. The normalized spacial score (nSPS) is 20.9. The van der Waals surface area contributed by atoms with E-state index in [4.69, 9.17) is 10.5 Å². The van der Waals surface area contributed by atoms with Gasteiger partial charge in [-0.15, -0.1) is 23.5 Å². The highest BCUT2D eigenvalue weighted by Gasteiger charge is 2.27. The molecule has 2 heterocycles. The van der Waals surface area contributed by atoms with E-state index in [0.29, 0.717) is 29.7 Å². The van der Waals surface area contributed by atoms with E-state index in [2.05, 4.69) is 0 Å². The number of likely N-dealkylation sites (tertiary alicyclic amines) is 1. The number of hydrogen-bond donors (Lipinski definition) is 1. The first kappa shape index (κ1) is 20.1. The van der Waals surface area contributed by atoms with Crippen LogP contribution in [0.3, 0.4) is 0 Å². The molecule has 146 valence electrons. The predicted octanol–water partition coefficient (Wildman–Crippen LogP) is 2.44. The number of esters is 1. The summed E-state index contributed by atoms with van der Waals surface area (Å²) < 4.78 is 5.59. The number of nitrogens with two attached hydrogens (primary N) is 1. The highest BCUT2D eigenvalue weighted by Crippen LogP contribution is 2.43. The summed E-state index contributed by atoms with van der Waals surface area (Å²) in [5.41, 5.74) is 6.96. The molecule has 0 aromatic heterocycles.